The first-order valence-electron chi connectivity index (χ1n) is 9.44. The zero-order valence-electron chi connectivity index (χ0n) is 14.2. The average Bonchev–Trinajstić information content (AvgIpc) is 3.31. The standard InChI is InChI=1S/C20H28N2O2/c21-19-15-9-8-14(11-15)18(19)20(24)22-10-4-7-16(22)12-17(23)13-5-2-1-3-6-13/h1-3,5-6,14-19,23H,4,7-12,21H2. The number of hydrogen-bond acceptors (Lipinski definition) is 3. The third kappa shape index (κ3) is 2.76. The van der Waals surface area contributed by atoms with Gasteiger partial charge in [0.05, 0.1) is 12.0 Å². The van der Waals surface area contributed by atoms with Crippen LogP contribution in [0, 0.1) is 17.8 Å². The Kier molecular flexibility index (Phi) is 4.35. The monoisotopic (exact) mass is 328 g/mol. The van der Waals surface area contributed by atoms with Gasteiger partial charge in [0.15, 0.2) is 0 Å². The van der Waals surface area contributed by atoms with Gasteiger partial charge in [-0.1, -0.05) is 30.3 Å². The maximum absolute atomic E-state index is 13.1. The molecule has 24 heavy (non-hydrogen) atoms. The van der Waals surface area contributed by atoms with Crippen LogP contribution in [-0.4, -0.2) is 34.5 Å². The Morgan fingerprint density at radius 3 is 2.67 bits per heavy atom. The molecule has 1 heterocycles. The topological polar surface area (TPSA) is 66.6 Å². The Morgan fingerprint density at radius 2 is 1.96 bits per heavy atom. The predicted octanol–water partition coefficient (Wildman–Crippen LogP) is 2.47. The van der Waals surface area contributed by atoms with Crippen molar-refractivity contribution in [1.82, 2.24) is 4.90 Å². The van der Waals surface area contributed by atoms with Gasteiger partial charge >= 0.3 is 0 Å². The van der Waals surface area contributed by atoms with E-state index in [4.69, 9.17) is 5.73 Å². The van der Waals surface area contributed by atoms with E-state index in [1.807, 2.05) is 35.2 Å². The van der Waals surface area contributed by atoms with Crippen molar-refractivity contribution >= 4 is 5.91 Å². The zero-order valence-corrected chi connectivity index (χ0v) is 14.2. The van der Waals surface area contributed by atoms with Crippen molar-refractivity contribution in [2.24, 2.45) is 23.5 Å². The summed E-state index contributed by atoms with van der Waals surface area (Å²) in [5.41, 5.74) is 7.31. The van der Waals surface area contributed by atoms with E-state index in [1.54, 1.807) is 0 Å². The largest absolute Gasteiger partial charge is 0.388 e. The molecule has 3 N–H and O–H groups in total. The van der Waals surface area contributed by atoms with Crippen LogP contribution in [0.4, 0.5) is 0 Å². The number of aliphatic hydroxyl groups excluding tert-OH is 1. The summed E-state index contributed by atoms with van der Waals surface area (Å²) >= 11 is 0. The highest BCUT2D eigenvalue weighted by atomic mass is 16.3. The molecule has 3 aliphatic rings. The van der Waals surface area contributed by atoms with Crippen LogP contribution >= 0.6 is 0 Å². The highest BCUT2D eigenvalue weighted by Crippen LogP contribution is 2.48. The van der Waals surface area contributed by atoms with E-state index in [1.165, 1.54) is 12.8 Å². The van der Waals surface area contributed by atoms with Crippen LogP contribution in [0.25, 0.3) is 0 Å². The van der Waals surface area contributed by atoms with E-state index in [0.717, 1.165) is 31.4 Å². The molecule has 0 radical (unpaired) electrons. The molecule has 4 rings (SSSR count). The van der Waals surface area contributed by atoms with Crippen LogP contribution in [0.2, 0.25) is 0 Å². The lowest BCUT2D eigenvalue weighted by atomic mass is 9.83. The highest BCUT2D eigenvalue weighted by molar-refractivity contribution is 5.81. The average molecular weight is 328 g/mol. The van der Waals surface area contributed by atoms with E-state index in [9.17, 15) is 9.90 Å². The summed E-state index contributed by atoms with van der Waals surface area (Å²) in [5, 5.41) is 10.5. The summed E-state index contributed by atoms with van der Waals surface area (Å²) < 4.78 is 0. The molecule has 6 atom stereocenters. The smallest absolute Gasteiger partial charge is 0.227 e. The predicted molar refractivity (Wildman–Crippen MR) is 93.1 cm³/mol. The third-order valence-corrected chi connectivity index (χ3v) is 6.61. The second-order valence-corrected chi connectivity index (χ2v) is 7.93. The molecular formula is C20H28N2O2. The van der Waals surface area contributed by atoms with Gasteiger partial charge in [0.25, 0.3) is 0 Å². The minimum atomic E-state index is -0.502. The van der Waals surface area contributed by atoms with Gasteiger partial charge in [-0.25, -0.2) is 0 Å². The Hall–Kier alpha value is -1.39. The Morgan fingerprint density at radius 1 is 1.21 bits per heavy atom. The molecule has 1 aromatic carbocycles. The third-order valence-electron chi connectivity index (χ3n) is 6.61. The molecule has 2 saturated carbocycles. The van der Waals surface area contributed by atoms with Crippen LogP contribution in [0.1, 0.15) is 50.2 Å². The Labute approximate surface area is 144 Å². The first kappa shape index (κ1) is 16.1. The maximum Gasteiger partial charge on any atom is 0.227 e. The van der Waals surface area contributed by atoms with Crippen molar-refractivity contribution in [1.29, 1.82) is 0 Å². The molecule has 3 fully saturated rings. The van der Waals surface area contributed by atoms with Crippen LogP contribution in [0.3, 0.4) is 0 Å². The van der Waals surface area contributed by atoms with E-state index in [2.05, 4.69) is 0 Å². The van der Waals surface area contributed by atoms with E-state index < -0.39 is 6.10 Å². The lowest BCUT2D eigenvalue weighted by Crippen LogP contribution is -2.48. The van der Waals surface area contributed by atoms with Gasteiger partial charge < -0.3 is 15.7 Å². The van der Waals surface area contributed by atoms with Crippen LogP contribution in [0.15, 0.2) is 30.3 Å². The molecule has 4 heteroatoms. The van der Waals surface area contributed by atoms with Gasteiger partial charge in [0, 0.05) is 18.6 Å². The molecule has 4 nitrogen and oxygen atoms in total. The normalized spacial score (nSPS) is 36.2. The highest BCUT2D eigenvalue weighted by Gasteiger charge is 2.51. The zero-order chi connectivity index (χ0) is 16.7. The molecule has 0 spiro atoms. The molecule has 2 aliphatic carbocycles. The molecule has 1 amide bonds. The quantitative estimate of drug-likeness (QED) is 0.892. The number of benzene rings is 1. The Balaban J connectivity index is 1.44. The van der Waals surface area contributed by atoms with Gasteiger partial charge in [-0.3, -0.25) is 4.79 Å². The van der Waals surface area contributed by atoms with Gasteiger partial charge in [0.1, 0.15) is 0 Å². The molecule has 6 unspecified atom stereocenters. The second kappa shape index (κ2) is 6.49. The van der Waals surface area contributed by atoms with Crippen molar-refractivity contribution in [3.05, 3.63) is 35.9 Å². The van der Waals surface area contributed by atoms with Gasteiger partial charge in [0.2, 0.25) is 5.91 Å². The van der Waals surface area contributed by atoms with Crippen LogP contribution in [-0.2, 0) is 4.79 Å². The number of hydrogen-bond donors (Lipinski definition) is 2. The Bertz CT molecular complexity index is 589. The van der Waals surface area contributed by atoms with Crippen LogP contribution in [0.5, 0.6) is 0 Å². The molecule has 1 aliphatic heterocycles. The summed E-state index contributed by atoms with van der Waals surface area (Å²) in [4.78, 5) is 15.2. The number of aliphatic hydroxyl groups is 1. The van der Waals surface area contributed by atoms with Crippen molar-refractivity contribution < 1.29 is 9.90 Å². The number of carbonyl (C=O) groups excluding carboxylic acids is 1. The molecule has 130 valence electrons. The SMILES string of the molecule is NC1C2CCC(C2)C1C(=O)N1CCCC1CC(O)c1ccccc1. The van der Waals surface area contributed by atoms with Crippen LogP contribution < -0.4 is 5.73 Å². The summed E-state index contributed by atoms with van der Waals surface area (Å²) in [6, 6.07) is 9.97. The first-order chi connectivity index (χ1) is 11.6. The van der Waals surface area contributed by atoms with Gasteiger partial charge in [-0.15, -0.1) is 0 Å². The molecule has 1 saturated heterocycles. The van der Waals surface area contributed by atoms with Crippen molar-refractivity contribution in [2.75, 3.05) is 6.54 Å². The minimum absolute atomic E-state index is 0.0261. The van der Waals surface area contributed by atoms with Gasteiger partial charge in [-0.05, 0) is 55.9 Å². The molecule has 1 aromatic rings. The molecule has 2 bridgehead atoms. The fourth-order valence-electron chi connectivity index (χ4n) is 5.33. The first-order valence-corrected chi connectivity index (χ1v) is 9.44. The fourth-order valence-corrected chi connectivity index (χ4v) is 5.33. The van der Waals surface area contributed by atoms with Crippen molar-refractivity contribution in [3.63, 3.8) is 0 Å². The van der Waals surface area contributed by atoms with Crippen molar-refractivity contribution in [2.45, 2.75) is 56.7 Å². The lowest BCUT2D eigenvalue weighted by Gasteiger charge is -2.34. The minimum Gasteiger partial charge on any atom is -0.388 e. The fraction of sp³-hybridized carbons (Fsp3) is 0.650. The van der Waals surface area contributed by atoms with E-state index in [-0.39, 0.29) is 23.9 Å². The second-order valence-electron chi connectivity index (χ2n) is 7.93. The number of amides is 1. The number of fused-ring (bicyclic) bond motifs is 2. The summed E-state index contributed by atoms with van der Waals surface area (Å²) in [5.74, 6) is 1.34. The lowest BCUT2D eigenvalue weighted by molar-refractivity contribution is -0.139. The van der Waals surface area contributed by atoms with E-state index in [0.29, 0.717) is 18.3 Å². The molecule has 0 aromatic heterocycles. The van der Waals surface area contributed by atoms with E-state index >= 15 is 0 Å². The number of nitrogens with two attached hydrogens (primary N) is 1. The molecular weight excluding hydrogens is 300 g/mol. The number of likely N-dealkylation sites (tertiary alicyclic amines) is 1. The van der Waals surface area contributed by atoms with Gasteiger partial charge in [-0.2, -0.15) is 0 Å². The summed E-state index contributed by atoms with van der Waals surface area (Å²) in [7, 11) is 0. The summed E-state index contributed by atoms with van der Waals surface area (Å²) in [6.07, 6.45) is 5.66. The summed E-state index contributed by atoms with van der Waals surface area (Å²) in [6.45, 7) is 0.825. The number of nitrogens with zero attached hydrogens (tertiary/aromatic N) is 1. The number of rotatable bonds is 4. The number of carbonyl (C=O) groups is 1. The van der Waals surface area contributed by atoms with Crippen molar-refractivity contribution in [3.8, 4) is 0 Å². The maximum atomic E-state index is 13.1.